The van der Waals surface area contributed by atoms with Crippen LogP contribution >= 0.6 is 0 Å². The van der Waals surface area contributed by atoms with E-state index in [1.807, 2.05) is 109 Å². The van der Waals surface area contributed by atoms with Crippen molar-refractivity contribution in [2.75, 3.05) is 54.4 Å². The van der Waals surface area contributed by atoms with Gasteiger partial charge in [0.25, 0.3) is 21.9 Å². The maximum absolute atomic E-state index is 14.1. The van der Waals surface area contributed by atoms with E-state index in [0.717, 1.165) is 60.0 Å². The molecular formula is C62H65N6O9S2+. The minimum atomic E-state index is -4.99. The minimum absolute atomic E-state index is 0.0450. The molecule has 17 heteroatoms. The lowest BCUT2D eigenvalue weighted by Crippen LogP contribution is -2.32. The first-order valence-corrected chi connectivity index (χ1v) is 29.8. The van der Waals surface area contributed by atoms with Gasteiger partial charge in [-0.05, 0) is 137 Å². The maximum atomic E-state index is 14.1. The van der Waals surface area contributed by atoms with Gasteiger partial charge in [-0.3, -0.25) is 18.9 Å². The molecule has 1 atom stereocenters. The number of para-hydroxylation sites is 1. The molecule has 2 aliphatic heterocycles. The summed E-state index contributed by atoms with van der Waals surface area (Å²) in [4.78, 5) is 44.0. The molecule has 1 unspecified atom stereocenters. The van der Waals surface area contributed by atoms with Gasteiger partial charge in [0.2, 0.25) is 21.3 Å². The van der Waals surface area contributed by atoms with Crippen molar-refractivity contribution in [3.63, 3.8) is 0 Å². The molecule has 408 valence electrons. The Morgan fingerprint density at radius 1 is 0.734 bits per heavy atom. The monoisotopic (exact) mass is 1100 g/mol. The van der Waals surface area contributed by atoms with E-state index >= 15 is 0 Å². The molecular weight excluding hydrogens is 1040 g/mol. The quantitative estimate of drug-likeness (QED) is 0.0262. The van der Waals surface area contributed by atoms with Crippen molar-refractivity contribution >= 4 is 65.9 Å². The fourth-order valence-electron chi connectivity index (χ4n) is 10.5. The third-order valence-electron chi connectivity index (χ3n) is 14.6. The first kappa shape index (κ1) is 55.8. The van der Waals surface area contributed by atoms with E-state index in [1.165, 1.54) is 12.1 Å². The topological polar surface area (TPSA) is 198 Å². The zero-order valence-electron chi connectivity index (χ0n) is 44.7. The average molecular weight is 1100 g/mol. The highest BCUT2D eigenvalue weighted by Gasteiger charge is 2.30. The van der Waals surface area contributed by atoms with E-state index in [4.69, 9.17) is 4.42 Å². The molecule has 6 aromatic rings. The largest absolute Gasteiger partial charge is 0.456 e. The molecule has 0 bridgehead atoms. The molecule has 0 radical (unpaired) electrons. The number of sulfonamides is 1. The van der Waals surface area contributed by atoms with E-state index in [9.17, 15) is 35.8 Å². The highest BCUT2D eigenvalue weighted by molar-refractivity contribution is 7.89. The predicted octanol–water partition coefficient (Wildman–Crippen LogP) is 10.8. The third-order valence-corrected chi connectivity index (χ3v) is 16.9. The molecule has 1 aliphatic carbocycles. The van der Waals surface area contributed by atoms with Crippen molar-refractivity contribution in [2.45, 2.75) is 75.6 Å². The summed E-state index contributed by atoms with van der Waals surface area (Å²) >= 11 is 0. The summed E-state index contributed by atoms with van der Waals surface area (Å²) in [5.41, 5.74) is 7.25. The molecule has 2 heterocycles. The van der Waals surface area contributed by atoms with Gasteiger partial charge < -0.3 is 24.9 Å². The molecule has 79 heavy (non-hydrogen) atoms. The van der Waals surface area contributed by atoms with Crippen LogP contribution in [0.15, 0.2) is 172 Å². The van der Waals surface area contributed by atoms with Gasteiger partial charge in [-0.1, -0.05) is 72.8 Å². The van der Waals surface area contributed by atoms with Crippen LogP contribution in [0.25, 0.3) is 44.5 Å². The lowest BCUT2D eigenvalue weighted by Gasteiger charge is -2.24. The first-order valence-electron chi connectivity index (χ1n) is 26.8. The SMILES string of the molecule is CCN(CC)c1ccc2c(-c3ccc(S(=O)(=O)NCCCCC(=O)NC4CCCN(C(=O)c5ccc(NC(=O)c6ccccc6-c6ccccc6)cc5)c5ccccc54)cc3S(=O)(=O)O)c3ccc(=[N+](CC)CC)cc-3oc2c1. The molecule has 0 saturated carbocycles. The van der Waals surface area contributed by atoms with Crippen molar-refractivity contribution in [3.8, 4) is 33.6 Å². The van der Waals surface area contributed by atoms with Crippen LogP contribution in [0.3, 0.4) is 0 Å². The highest BCUT2D eigenvalue weighted by atomic mass is 32.2. The van der Waals surface area contributed by atoms with Crippen LogP contribution < -0.4 is 35.1 Å². The predicted molar refractivity (Wildman–Crippen MR) is 312 cm³/mol. The molecule has 0 fully saturated rings. The molecule has 3 amide bonds. The van der Waals surface area contributed by atoms with Crippen LogP contribution in [0.1, 0.15) is 92.1 Å². The van der Waals surface area contributed by atoms with Gasteiger partial charge in [0, 0.05) is 95.0 Å². The molecule has 3 aliphatic rings. The Morgan fingerprint density at radius 2 is 1.44 bits per heavy atom. The Morgan fingerprint density at radius 3 is 2.18 bits per heavy atom. The van der Waals surface area contributed by atoms with Crippen LogP contribution in [0.4, 0.5) is 17.1 Å². The average Bonchev–Trinajstić information content (AvgIpc) is 3.64. The Hall–Kier alpha value is -7.96. The molecule has 0 saturated heterocycles. The number of carbonyl (C=O) groups is 3. The van der Waals surface area contributed by atoms with Crippen molar-refractivity contribution in [2.24, 2.45) is 0 Å². The van der Waals surface area contributed by atoms with E-state index in [-0.39, 0.29) is 47.2 Å². The zero-order valence-corrected chi connectivity index (χ0v) is 46.4. The number of nitrogens with zero attached hydrogens (tertiary/aromatic N) is 3. The number of hydrogen-bond acceptors (Lipinski definition) is 9. The Bertz CT molecular complexity index is 3820. The van der Waals surface area contributed by atoms with Crippen LogP contribution in [-0.2, 0) is 24.9 Å². The van der Waals surface area contributed by atoms with E-state index in [1.54, 1.807) is 35.2 Å². The van der Waals surface area contributed by atoms with Crippen molar-refractivity contribution in [1.82, 2.24) is 14.6 Å². The van der Waals surface area contributed by atoms with Crippen molar-refractivity contribution in [1.29, 1.82) is 0 Å². The van der Waals surface area contributed by atoms with Gasteiger partial charge in [0.05, 0.1) is 17.0 Å². The molecule has 9 rings (SSSR count). The first-order chi connectivity index (χ1) is 38.1. The van der Waals surface area contributed by atoms with Gasteiger partial charge in [0.1, 0.15) is 29.3 Å². The number of fused-ring (bicyclic) bond motifs is 3. The summed E-state index contributed by atoms with van der Waals surface area (Å²) in [6, 6.07) is 46.1. The fraction of sp³-hybridized carbons (Fsp3) is 0.258. The summed E-state index contributed by atoms with van der Waals surface area (Å²) < 4.78 is 76.1. The van der Waals surface area contributed by atoms with Crippen LogP contribution in [-0.4, -0.2) is 78.4 Å². The molecule has 0 spiro atoms. The number of nitrogens with one attached hydrogen (secondary N) is 3. The standard InChI is InChI=1S/C62H64N6O9S2/c1-5-66(6-2)45-31-34-51-56(39-45)77-57-40-46(67(7-3)8-4)32-35-52(57)60(51)53-36-33-47(41-58(53)79(74,75)76)78(72,73)63-37-17-16-26-59(69)65-54-24-18-38-68(55-25-15-14-23-50(54)55)62(71)43-27-29-44(30-28-43)64-61(70)49-22-13-12-21-48(49)42-19-10-9-11-20-42/h9-15,19-23,25,27-36,39-41,54,63H,5-8,16-18,24,26,37-38H2,1-4H3,(H2-,64,65,69,70,71,74,75,76)/p+1. The number of benzene rings is 7. The maximum Gasteiger partial charge on any atom is 0.295 e. The Balaban J connectivity index is 0.845. The van der Waals surface area contributed by atoms with Crippen LogP contribution in [0.2, 0.25) is 0 Å². The van der Waals surface area contributed by atoms with Crippen LogP contribution in [0, 0.1) is 0 Å². The number of unbranched alkanes of at least 4 members (excludes halogenated alkanes) is 1. The zero-order chi connectivity index (χ0) is 55.8. The van der Waals surface area contributed by atoms with Crippen molar-refractivity contribution in [3.05, 3.63) is 180 Å². The molecule has 4 N–H and O–H groups in total. The second-order valence-electron chi connectivity index (χ2n) is 19.4. The Kier molecular flexibility index (Phi) is 17.2. The number of hydrogen-bond donors (Lipinski definition) is 4. The lowest BCUT2D eigenvalue weighted by molar-refractivity contribution is -0.122. The number of amides is 3. The highest BCUT2D eigenvalue weighted by Crippen LogP contribution is 2.44. The van der Waals surface area contributed by atoms with Gasteiger partial charge in [-0.2, -0.15) is 8.42 Å². The summed E-state index contributed by atoms with van der Waals surface area (Å²) in [6.07, 6.45) is 1.91. The summed E-state index contributed by atoms with van der Waals surface area (Å²) in [5, 5.41) is 7.59. The summed E-state index contributed by atoms with van der Waals surface area (Å²) in [5.74, 6) is -0.237. The van der Waals surface area contributed by atoms with Gasteiger partial charge in [0.15, 0.2) is 0 Å². The van der Waals surface area contributed by atoms with Gasteiger partial charge >= 0.3 is 0 Å². The smallest absolute Gasteiger partial charge is 0.295 e. The molecule has 6 aromatic carbocycles. The second-order valence-corrected chi connectivity index (χ2v) is 22.5. The lowest BCUT2D eigenvalue weighted by atomic mass is 9.93. The Labute approximate surface area is 461 Å². The molecule has 15 nitrogen and oxygen atoms in total. The van der Waals surface area contributed by atoms with E-state index in [0.29, 0.717) is 82.6 Å². The summed E-state index contributed by atoms with van der Waals surface area (Å²) in [6.45, 7) is 11.6. The van der Waals surface area contributed by atoms with E-state index < -0.39 is 25.0 Å². The number of carbonyl (C=O) groups excluding carboxylic acids is 3. The number of anilines is 3. The third kappa shape index (κ3) is 12.3. The molecule has 0 aromatic heterocycles. The number of rotatable bonds is 19. The van der Waals surface area contributed by atoms with Gasteiger partial charge in [-0.25, -0.2) is 17.7 Å². The van der Waals surface area contributed by atoms with Crippen LogP contribution in [0.5, 0.6) is 0 Å². The second kappa shape index (κ2) is 24.4. The fourth-order valence-corrected chi connectivity index (χ4v) is 12.4. The van der Waals surface area contributed by atoms with E-state index in [2.05, 4.69) is 52.5 Å². The minimum Gasteiger partial charge on any atom is -0.456 e. The van der Waals surface area contributed by atoms with Gasteiger partial charge in [-0.15, -0.1) is 0 Å². The summed E-state index contributed by atoms with van der Waals surface area (Å²) in [7, 11) is -9.28. The van der Waals surface area contributed by atoms with Crippen molar-refractivity contribution < 1.29 is 40.2 Å². The normalized spacial score (nSPS) is 13.6.